The van der Waals surface area contributed by atoms with Gasteiger partial charge in [0.15, 0.2) is 0 Å². The molecule has 19 heavy (non-hydrogen) atoms. The number of benzene rings is 1. The Morgan fingerprint density at radius 3 is 2.32 bits per heavy atom. The van der Waals surface area contributed by atoms with Crippen molar-refractivity contribution in [3.8, 4) is 12.3 Å². The molecule has 1 aromatic carbocycles. The van der Waals surface area contributed by atoms with Crippen molar-refractivity contribution in [3.05, 3.63) is 35.4 Å². The summed E-state index contributed by atoms with van der Waals surface area (Å²) in [6.07, 6.45) is 5.22. The number of aromatic carboxylic acids is 1. The fourth-order valence-electron chi connectivity index (χ4n) is 1.42. The molecule has 2 N–H and O–H groups in total. The van der Waals surface area contributed by atoms with Gasteiger partial charge in [0, 0.05) is 0 Å². The average Bonchev–Trinajstić information content (AvgIpc) is 2.27. The lowest BCUT2D eigenvalue weighted by Crippen LogP contribution is -2.42. The molecule has 0 fully saturated rings. The first-order valence-corrected chi connectivity index (χ1v) is 7.12. The Hall–Kier alpha value is -1.84. The molecule has 0 heterocycles. The number of rotatable bonds is 5. The van der Waals surface area contributed by atoms with Crippen LogP contribution in [-0.2, 0) is 15.8 Å². The first-order chi connectivity index (χ1) is 8.65. The zero-order chi connectivity index (χ0) is 14.7. The van der Waals surface area contributed by atoms with Crippen molar-refractivity contribution in [1.29, 1.82) is 0 Å². The molecule has 0 amide bonds. The molecule has 0 spiro atoms. The summed E-state index contributed by atoms with van der Waals surface area (Å²) in [5.41, 5.74) is -0.358. The van der Waals surface area contributed by atoms with E-state index in [0.29, 0.717) is 5.56 Å². The Labute approximate surface area is 112 Å². The minimum Gasteiger partial charge on any atom is -0.478 e. The summed E-state index contributed by atoms with van der Waals surface area (Å²) in [6, 6.07) is 5.65. The van der Waals surface area contributed by atoms with Crippen LogP contribution in [0.5, 0.6) is 0 Å². The second-order valence-electron chi connectivity index (χ2n) is 4.63. The van der Waals surface area contributed by atoms with Crippen LogP contribution in [0.1, 0.15) is 29.8 Å². The molecule has 1 aromatic rings. The standard InChI is InChI=1S/C13H15NO4S/c1-4-13(2,3)14-19(17,18)9-10-5-7-11(8-6-10)12(15)16/h1,5-8,14H,9H2,2-3H3,(H,15,16). The van der Waals surface area contributed by atoms with Gasteiger partial charge >= 0.3 is 5.97 Å². The van der Waals surface area contributed by atoms with Crippen molar-refractivity contribution < 1.29 is 18.3 Å². The molecule has 0 unspecified atom stereocenters. The molecule has 0 aliphatic heterocycles. The Kier molecular flexibility index (Phi) is 4.35. The van der Waals surface area contributed by atoms with Gasteiger partial charge in [0.1, 0.15) is 0 Å². The van der Waals surface area contributed by atoms with E-state index >= 15 is 0 Å². The molecule has 0 bridgehead atoms. The Morgan fingerprint density at radius 1 is 1.37 bits per heavy atom. The van der Waals surface area contributed by atoms with E-state index in [0.717, 1.165) is 0 Å². The van der Waals surface area contributed by atoms with E-state index in [4.69, 9.17) is 11.5 Å². The molecule has 0 aliphatic rings. The summed E-state index contributed by atoms with van der Waals surface area (Å²) in [7, 11) is -3.58. The lowest BCUT2D eigenvalue weighted by molar-refractivity contribution is 0.0697. The molecule has 0 radical (unpaired) electrons. The predicted molar refractivity (Wildman–Crippen MR) is 72.1 cm³/mol. The molecule has 6 heteroatoms. The second-order valence-corrected chi connectivity index (χ2v) is 6.35. The fourth-order valence-corrected chi connectivity index (χ4v) is 2.96. The minimum absolute atomic E-state index is 0.109. The van der Waals surface area contributed by atoms with Crippen LogP contribution in [0.25, 0.3) is 0 Å². The highest BCUT2D eigenvalue weighted by atomic mass is 32.2. The van der Waals surface area contributed by atoms with E-state index in [1.807, 2.05) is 0 Å². The third-order valence-corrected chi connectivity index (χ3v) is 3.86. The Bertz CT molecular complexity index is 609. The van der Waals surface area contributed by atoms with Crippen molar-refractivity contribution in [2.24, 2.45) is 0 Å². The summed E-state index contributed by atoms with van der Waals surface area (Å²) in [5, 5.41) is 8.74. The normalized spacial score (nSPS) is 11.8. The first-order valence-electron chi connectivity index (χ1n) is 5.47. The highest BCUT2D eigenvalue weighted by Crippen LogP contribution is 2.10. The summed E-state index contributed by atoms with van der Waals surface area (Å²) in [4.78, 5) is 10.7. The fraction of sp³-hybridized carbons (Fsp3) is 0.308. The van der Waals surface area contributed by atoms with Crippen LogP contribution in [-0.4, -0.2) is 25.0 Å². The minimum atomic E-state index is -3.58. The average molecular weight is 281 g/mol. The maximum atomic E-state index is 11.9. The largest absolute Gasteiger partial charge is 0.478 e. The number of nitrogens with one attached hydrogen (secondary N) is 1. The number of carboxylic acid groups (broad SMARTS) is 1. The van der Waals surface area contributed by atoms with Gasteiger partial charge in [-0.1, -0.05) is 18.1 Å². The van der Waals surface area contributed by atoms with E-state index in [2.05, 4.69) is 10.6 Å². The van der Waals surface area contributed by atoms with Gasteiger partial charge in [-0.2, -0.15) is 4.72 Å². The van der Waals surface area contributed by atoms with Crippen LogP contribution >= 0.6 is 0 Å². The molecule has 0 aliphatic carbocycles. The maximum absolute atomic E-state index is 11.9. The number of terminal acetylenes is 1. The van der Waals surface area contributed by atoms with Gasteiger partial charge in [0.05, 0.1) is 16.9 Å². The second kappa shape index (κ2) is 5.43. The monoisotopic (exact) mass is 281 g/mol. The number of carbonyl (C=O) groups is 1. The van der Waals surface area contributed by atoms with E-state index in [9.17, 15) is 13.2 Å². The van der Waals surface area contributed by atoms with Crippen molar-refractivity contribution in [1.82, 2.24) is 4.72 Å². The van der Waals surface area contributed by atoms with E-state index < -0.39 is 21.5 Å². The number of hydrogen-bond donors (Lipinski definition) is 2. The third kappa shape index (κ3) is 4.73. The first kappa shape index (κ1) is 15.2. The molecule has 0 aromatic heterocycles. The SMILES string of the molecule is C#CC(C)(C)NS(=O)(=O)Cc1ccc(C(=O)O)cc1. The van der Waals surface area contributed by atoms with Crippen LogP contribution in [0, 0.1) is 12.3 Å². The van der Waals surface area contributed by atoms with Gasteiger partial charge in [0.25, 0.3) is 0 Å². The lowest BCUT2D eigenvalue weighted by atomic mass is 10.1. The van der Waals surface area contributed by atoms with E-state index in [-0.39, 0.29) is 11.3 Å². The molecular formula is C13H15NO4S. The predicted octanol–water partition coefficient (Wildman–Crippen LogP) is 1.22. The van der Waals surface area contributed by atoms with E-state index in [1.54, 1.807) is 13.8 Å². The van der Waals surface area contributed by atoms with Gasteiger partial charge < -0.3 is 5.11 Å². The van der Waals surface area contributed by atoms with Crippen LogP contribution in [0.15, 0.2) is 24.3 Å². The molecule has 5 nitrogen and oxygen atoms in total. The van der Waals surface area contributed by atoms with Crippen molar-refractivity contribution in [2.45, 2.75) is 25.1 Å². The maximum Gasteiger partial charge on any atom is 0.335 e. The number of hydrogen-bond acceptors (Lipinski definition) is 3. The number of sulfonamides is 1. The molecule has 0 atom stereocenters. The summed E-state index contributed by atoms with van der Waals surface area (Å²) in [5.74, 6) is 1.03. The highest BCUT2D eigenvalue weighted by molar-refractivity contribution is 7.88. The highest BCUT2D eigenvalue weighted by Gasteiger charge is 2.22. The lowest BCUT2D eigenvalue weighted by Gasteiger charge is -2.19. The van der Waals surface area contributed by atoms with Crippen molar-refractivity contribution in [2.75, 3.05) is 0 Å². The zero-order valence-corrected chi connectivity index (χ0v) is 11.5. The summed E-state index contributed by atoms with van der Waals surface area (Å²) in [6.45, 7) is 3.16. The summed E-state index contributed by atoms with van der Waals surface area (Å²) < 4.78 is 26.1. The van der Waals surface area contributed by atoms with Gasteiger partial charge in [-0.3, -0.25) is 0 Å². The molecular weight excluding hydrogens is 266 g/mol. The van der Waals surface area contributed by atoms with Gasteiger partial charge in [0.2, 0.25) is 10.0 Å². The number of carboxylic acids is 1. The van der Waals surface area contributed by atoms with Gasteiger partial charge in [-0.25, -0.2) is 13.2 Å². The van der Waals surface area contributed by atoms with Crippen molar-refractivity contribution >= 4 is 16.0 Å². The Morgan fingerprint density at radius 2 is 1.89 bits per heavy atom. The molecule has 1 rings (SSSR count). The smallest absolute Gasteiger partial charge is 0.335 e. The van der Waals surface area contributed by atoms with Gasteiger partial charge in [-0.05, 0) is 31.5 Å². The zero-order valence-electron chi connectivity index (χ0n) is 10.7. The topological polar surface area (TPSA) is 83.5 Å². The van der Waals surface area contributed by atoms with Gasteiger partial charge in [-0.15, -0.1) is 6.42 Å². The van der Waals surface area contributed by atoms with Crippen LogP contribution in [0.4, 0.5) is 0 Å². The Balaban J connectivity index is 2.85. The molecule has 0 saturated carbocycles. The van der Waals surface area contributed by atoms with Crippen LogP contribution < -0.4 is 4.72 Å². The van der Waals surface area contributed by atoms with Crippen LogP contribution in [0.2, 0.25) is 0 Å². The van der Waals surface area contributed by atoms with Crippen LogP contribution in [0.3, 0.4) is 0 Å². The van der Waals surface area contributed by atoms with E-state index in [1.165, 1.54) is 24.3 Å². The summed E-state index contributed by atoms with van der Waals surface area (Å²) >= 11 is 0. The molecule has 0 saturated heterocycles. The quantitative estimate of drug-likeness (QED) is 0.795. The third-order valence-electron chi connectivity index (χ3n) is 2.33. The van der Waals surface area contributed by atoms with Crippen molar-refractivity contribution in [3.63, 3.8) is 0 Å². The molecule has 102 valence electrons.